The molecule has 3 amide bonds. The summed E-state index contributed by atoms with van der Waals surface area (Å²) in [5.74, 6) is -1.41. The highest BCUT2D eigenvalue weighted by Gasteiger charge is 2.53. The highest BCUT2D eigenvalue weighted by atomic mass is 32.2. The fourth-order valence-corrected chi connectivity index (χ4v) is 5.79. The Kier molecular flexibility index (Phi) is 8.24. The van der Waals surface area contributed by atoms with Gasteiger partial charge in [0.15, 0.2) is 0 Å². The summed E-state index contributed by atoms with van der Waals surface area (Å²) in [5, 5.41) is 25.8. The Morgan fingerprint density at radius 1 is 1.38 bits per heavy atom. The van der Waals surface area contributed by atoms with Gasteiger partial charge in [0.25, 0.3) is 5.91 Å². The number of nitrogens with one attached hydrogen (secondary N) is 2. The number of aliphatic carboxylic acids is 1. The van der Waals surface area contributed by atoms with Crippen molar-refractivity contribution >= 4 is 58.6 Å². The van der Waals surface area contributed by atoms with E-state index in [0.29, 0.717) is 10.7 Å². The molecule has 1 fully saturated rings. The second kappa shape index (κ2) is 10.8. The Morgan fingerprint density at radius 2 is 2.12 bits per heavy atom. The highest BCUT2D eigenvalue weighted by Crippen LogP contribution is 2.41. The molecule has 0 aliphatic carbocycles. The van der Waals surface area contributed by atoms with Crippen LogP contribution in [0.2, 0.25) is 0 Å². The number of carboxylic acid groups (broad SMARTS) is 1. The molecule has 1 saturated heterocycles. The first kappa shape index (κ1) is 26.0. The van der Waals surface area contributed by atoms with Gasteiger partial charge in [0.2, 0.25) is 5.16 Å². The molecule has 0 bridgehead atoms. The first-order valence-electron chi connectivity index (χ1n) is 9.66. The fourth-order valence-electron chi connectivity index (χ4n) is 3.17. The summed E-state index contributed by atoms with van der Waals surface area (Å²) in [6.07, 6.45) is -5.93. The van der Waals surface area contributed by atoms with E-state index in [0.717, 1.165) is 16.7 Å². The lowest BCUT2D eigenvalue weighted by Crippen LogP contribution is -2.70. The first-order chi connectivity index (χ1) is 16.0. The number of amides is 3. The predicted molar refractivity (Wildman–Crippen MR) is 119 cm³/mol. The summed E-state index contributed by atoms with van der Waals surface area (Å²) >= 11 is 7.36. The van der Waals surface area contributed by atoms with Crippen molar-refractivity contribution in [1.29, 1.82) is 0 Å². The number of alkyl halides is 3. The van der Waals surface area contributed by atoms with Crippen LogP contribution in [0.25, 0.3) is 0 Å². The van der Waals surface area contributed by atoms with E-state index in [1.807, 2.05) is 0 Å². The Labute approximate surface area is 204 Å². The minimum atomic E-state index is -4.37. The zero-order valence-corrected chi connectivity index (χ0v) is 19.7. The van der Waals surface area contributed by atoms with E-state index in [4.69, 9.17) is 18.0 Å². The molecule has 0 saturated carbocycles. The van der Waals surface area contributed by atoms with E-state index in [-0.39, 0.29) is 35.3 Å². The smallest absolute Gasteiger partial charge is 0.389 e. The van der Waals surface area contributed by atoms with Gasteiger partial charge < -0.3 is 21.5 Å². The van der Waals surface area contributed by atoms with E-state index < -0.39 is 48.3 Å². The number of hydrogen-bond donors (Lipinski definition) is 4. The molecule has 0 radical (unpaired) electrons. The summed E-state index contributed by atoms with van der Waals surface area (Å²) in [7, 11) is 0. The molecule has 34 heavy (non-hydrogen) atoms. The number of fused-ring (bicyclic) bond motifs is 1. The van der Waals surface area contributed by atoms with Crippen molar-refractivity contribution in [3.8, 4) is 0 Å². The summed E-state index contributed by atoms with van der Waals surface area (Å²) < 4.78 is 38.6. The topological polar surface area (TPSA) is 168 Å². The zero-order chi connectivity index (χ0) is 25.0. The van der Waals surface area contributed by atoms with Crippen LogP contribution in [0.5, 0.6) is 0 Å². The van der Waals surface area contributed by atoms with Crippen LogP contribution in [-0.2, 0) is 16.1 Å². The lowest BCUT2D eigenvalue weighted by atomic mass is 10.0. The molecule has 2 aliphatic heterocycles. The van der Waals surface area contributed by atoms with Gasteiger partial charge in [-0.25, -0.2) is 14.3 Å². The number of β-lactam (4-membered cyclic amide) rings is 1. The van der Waals surface area contributed by atoms with Crippen LogP contribution < -0.4 is 16.4 Å². The van der Waals surface area contributed by atoms with Gasteiger partial charge in [0.1, 0.15) is 17.1 Å². The number of tetrazole rings is 1. The molecule has 186 valence electrons. The second-order valence-corrected chi connectivity index (χ2v) is 9.63. The number of rotatable bonds is 10. The van der Waals surface area contributed by atoms with Crippen LogP contribution in [0.4, 0.5) is 18.0 Å². The molecular weight excluding hydrogens is 521 g/mol. The van der Waals surface area contributed by atoms with Crippen molar-refractivity contribution in [2.24, 2.45) is 5.73 Å². The third kappa shape index (κ3) is 6.29. The second-order valence-electron chi connectivity index (χ2n) is 7.09. The van der Waals surface area contributed by atoms with Crippen LogP contribution in [0.3, 0.4) is 0 Å². The quantitative estimate of drug-likeness (QED) is 0.183. The lowest BCUT2D eigenvalue weighted by Gasteiger charge is -2.49. The third-order valence-corrected chi connectivity index (χ3v) is 7.40. The normalized spacial score (nSPS) is 20.0. The maximum atomic E-state index is 12.6. The number of urea groups is 1. The van der Waals surface area contributed by atoms with Crippen LogP contribution in [0.15, 0.2) is 16.4 Å². The maximum absolute atomic E-state index is 12.6. The highest BCUT2D eigenvalue weighted by molar-refractivity contribution is 8.01. The van der Waals surface area contributed by atoms with E-state index >= 15 is 0 Å². The Balaban J connectivity index is 1.63. The van der Waals surface area contributed by atoms with Crippen molar-refractivity contribution < 1.29 is 32.7 Å². The predicted octanol–water partition coefficient (Wildman–Crippen LogP) is 0.315. The van der Waals surface area contributed by atoms with Gasteiger partial charge in [0, 0.05) is 30.9 Å². The number of carbonyl (C=O) groups is 3. The van der Waals surface area contributed by atoms with E-state index in [1.165, 1.54) is 16.4 Å². The number of carbonyl (C=O) groups excluding carboxylic acids is 2. The van der Waals surface area contributed by atoms with Gasteiger partial charge in [-0.15, -0.1) is 16.9 Å². The molecular formula is C16H19F3N8O4S3. The van der Waals surface area contributed by atoms with Crippen molar-refractivity contribution in [2.75, 3.05) is 18.1 Å². The molecule has 3 rings (SSSR count). The number of hydrogen-bond acceptors (Lipinski definition) is 9. The zero-order valence-electron chi connectivity index (χ0n) is 17.2. The van der Waals surface area contributed by atoms with E-state index in [2.05, 4.69) is 26.2 Å². The molecule has 0 spiro atoms. The summed E-state index contributed by atoms with van der Waals surface area (Å²) in [6.45, 7) is 0.433. The van der Waals surface area contributed by atoms with Crippen LogP contribution in [0.1, 0.15) is 12.8 Å². The molecule has 12 nitrogen and oxygen atoms in total. The number of nitrogens with two attached hydrogens (primary N) is 1. The standard InChI is InChI=1S/C16H19F3N8O4S3/c17-16(18,19)2-1-8(32)22-9-11(28)27-10(13(29)30)7(5-33-12(9)27)6-34-15-23-24-25-26(15)4-3-21-14(20)31/h9,12H,1-6H2,(H,22,32)(H,29,30)(H3,20,21,31)/t9?,12-/m1/s1. The van der Waals surface area contributed by atoms with Gasteiger partial charge in [-0.1, -0.05) is 24.0 Å². The molecule has 2 aliphatic rings. The molecule has 5 N–H and O–H groups in total. The first-order valence-corrected chi connectivity index (χ1v) is 12.1. The van der Waals surface area contributed by atoms with Gasteiger partial charge >= 0.3 is 18.2 Å². The molecule has 18 heteroatoms. The number of thiocarbonyl (C=S) groups is 1. The monoisotopic (exact) mass is 540 g/mol. The number of primary amides is 1. The fraction of sp³-hybridized carbons (Fsp3) is 0.562. The Morgan fingerprint density at radius 3 is 2.76 bits per heavy atom. The van der Waals surface area contributed by atoms with Crippen molar-refractivity contribution in [3.63, 3.8) is 0 Å². The average Bonchev–Trinajstić information content (AvgIpc) is 3.20. The number of thioether (sulfide) groups is 2. The summed E-state index contributed by atoms with van der Waals surface area (Å²) in [5.41, 5.74) is 5.31. The van der Waals surface area contributed by atoms with Crippen molar-refractivity contribution in [1.82, 2.24) is 35.7 Å². The van der Waals surface area contributed by atoms with Gasteiger partial charge in [-0.3, -0.25) is 9.69 Å². The minimum absolute atomic E-state index is 0.101. The largest absolute Gasteiger partial charge is 0.477 e. The van der Waals surface area contributed by atoms with Gasteiger partial charge in [0.05, 0.1) is 11.5 Å². The molecule has 1 aromatic heterocycles. The molecule has 0 aromatic carbocycles. The number of aromatic nitrogens is 4. The number of nitrogens with zero attached hydrogens (tertiary/aromatic N) is 5. The summed E-state index contributed by atoms with van der Waals surface area (Å²) in [4.78, 5) is 36.4. The number of carboxylic acids is 1. The third-order valence-electron chi connectivity index (χ3n) is 4.70. The SMILES string of the molecule is NC(=O)NCCn1nnnc1SCC1=C(C(=O)O)N2C(=O)C(NC(=S)CCC(F)(F)F)[C@H]2SC1. The lowest BCUT2D eigenvalue weighted by molar-refractivity contribution is -0.148. The average molecular weight is 541 g/mol. The van der Waals surface area contributed by atoms with Crippen LogP contribution in [0, 0.1) is 0 Å². The van der Waals surface area contributed by atoms with Crippen LogP contribution in [-0.4, -0.2) is 88.8 Å². The Hall–Kier alpha value is -2.60. The van der Waals surface area contributed by atoms with E-state index in [9.17, 15) is 32.7 Å². The maximum Gasteiger partial charge on any atom is 0.389 e. The minimum Gasteiger partial charge on any atom is -0.477 e. The Bertz CT molecular complexity index is 1020. The summed E-state index contributed by atoms with van der Waals surface area (Å²) in [6, 6.07) is -1.58. The van der Waals surface area contributed by atoms with Gasteiger partial charge in [-0.05, 0) is 16.0 Å². The molecule has 1 aromatic rings. The van der Waals surface area contributed by atoms with Gasteiger partial charge in [-0.2, -0.15) is 13.2 Å². The number of halogens is 3. The van der Waals surface area contributed by atoms with Crippen molar-refractivity contribution in [2.45, 2.75) is 42.1 Å². The van der Waals surface area contributed by atoms with Crippen LogP contribution >= 0.6 is 35.7 Å². The molecule has 1 unspecified atom stereocenters. The molecule has 3 heterocycles. The van der Waals surface area contributed by atoms with E-state index in [1.54, 1.807) is 0 Å². The molecule has 2 atom stereocenters. The van der Waals surface area contributed by atoms with Crippen molar-refractivity contribution in [3.05, 3.63) is 11.3 Å².